The van der Waals surface area contributed by atoms with Gasteiger partial charge < -0.3 is 0 Å². The van der Waals surface area contributed by atoms with Gasteiger partial charge in [-0.25, -0.2) is 0 Å². The minimum absolute atomic E-state index is 0.00679. The van der Waals surface area contributed by atoms with E-state index < -0.39 is 0 Å². The summed E-state index contributed by atoms with van der Waals surface area (Å²) in [5, 5.41) is 0. The summed E-state index contributed by atoms with van der Waals surface area (Å²) in [6.45, 7) is 0. The molecule has 2 nitrogen and oxygen atoms in total. The second-order valence-electron chi connectivity index (χ2n) is 6.47. The van der Waals surface area contributed by atoms with Crippen molar-refractivity contribution in [3.8, 4) is 0 Å². The molecule has 0 aromatic heterocycles. The highest BCUT2D eigenvalue weighted by Crippen LogP contribution is 2.40. The molecule has 2 heteroatoms. The fraction of sp³-hybridized carbons (Fsp3) is 0.0833. The summed E-state index contributed by atoms with van der Waals surface area (Å²) in [5.41, 5.74) is 4.11. The van der Waals surface area contributed by atoms with Crippen molar-refractivity contribution in [3.63, 3.8) is 0 Å². The second-order valence-corrected chi connectivity index (χ2v) is 6.47. The molecule has 0 amide bonds. The van der Waals surface area contributed by atoms with Crippen LogP contribution in [0.4, 0.5) is 0 Å². The van der Waals surface area contributed by atoms with Crippen LogP contribution in [0.5, 0.6) is 0 Å². The van der Waals surface area contributed by atoms with Crippen LogP contribution in [-0.2, 0) is 0 Å². The van der Waals surface area contributed by atoms with E-state index in [4.69, 9.17) is 0 Å². The van der Waals surface area contributed by atoms with E-state index in [-0.39, 0.29) is 17.5 Å². The van der Waals surface area contributed by atoms with Crippen LogP contribution >= 0.6 is 0 Å². The minimum Gasteiger partial charge on any atom is -0.294 e. The summed E-state index contributed by atoms with van der Waals surface area (Å²) in [6.07, 6.45) is 2.24. The van der Waals surface area contributed by atoms with Crippen LogP contribution < -0.4 is 0 Å². The van der Waals surface area contributed by atoms with Gasteiger partial charge >= 0.3 is 0 Å². The Hall–Kier alpha value is -3.26. The lowest BCUT2D eigenvalue weighted by Crippen LogP contribution is -2.13. The first kappa shape index (κ1) is 16.2. The number of hydrogen-bond acceptors (Lipinski definition) is 2. The number of carbonyl (C=O) groups is 2. The molecule has 0 saturated heterocycles. The smallest absolute Gasteiger partial charge is 0.189 e. The summed E-state index contributed by atoms with van der Waals surface area (Å²) in [4.78, 5) is 25.8. The average Bonchev–Trinajstić information content (AvgIpc) is 3.07. The molecule has 0 aliphatic heterocycles. The third-order valence-electron chi connectivity index (χ3n) is 4.84. The summed E-state index contributed by atoms with van der Waals surface area (Å²) in [6, 6.07) is 26.5. The molecule has 0 fully saturated rings. The number of rotatable bonds is 5. The highest BCUT2D eigenvalue weighted by atomic mass is 16.1. The Labute approximate surface area is 152 Å². The maximum absolute atomic E-state index is 13.1. The van der Waals surface area contributed by atoms with Gasteiger partial charge in [0.25, 0.3) is 0 Å². The molecular formula is C24H18O2. The first-order valence-electron chi connectivity index (χ1n) is 8.72. The predicted octanol–water partition coefficient (Wildman–Crippen LogP) is 5.32. The van der Waals surface area contributed by atoms with E-state index in [9.17, 15) is 9.59 Å². The largest absolute Gasteiger partial charge is 0.294 e. The molecular weight excluding hydrogens is 320 g/mol. The lowest BCUT2D eigenvalue weighted by Gasteiger charge is -2.16. The Morgan fingerprint density at radius 2 is 1.27 bits per heavy atom. The summed E-state index contributed by atoms with van der Waals surface area (Å²) in [7, 11) is 0. The van der Waals surface area contributed by atoms with Crippen molar-refractivity contribution in [2.45, 2.75) is 12.3 Å². The molecule has 4 rings (SSSR count). The van der Waals surface area contributed by atoms with Gasteiger partial charge in [0, 0.05) is 29.0 Å². The zero-order valence-electron chi connectivity index (χ0n) is 14.3. The van der Waals surface area contributed by atoms with E-state index in [0.29, 0.717) is 23.1 Å². The standard InChI is InChI=1S/C24H18O2/c25-23(17-9-3-1-4-10-17)16-21-20-14-8-7-13-19(20)15-22(21)24(26)18-11-5-2-6-12-18/h1-15,21H,16H2. The van der Waals surface area contributed by atoms with Crippen LogP contribution in [0.3, 0.4) is 0 Å². The van der Waals surface area contributed by atoms with E-state index in [2.05, 4.69) is 0 Å². The van der Waals surface area contributed by atoms with Crippen molar-refractivity contribution in [3.05, 3.63) is 113 Å². The highest BCUT2D eigenvalue weighted by molar-refractivity contribution is 6.14. The van der Waals surface area contributed by atoms with Gasteiger partial charge in [0.05, 0.1) is 0 Å². The third-order valence-corrected chi connectivity index (χ3v) is 4.84. The monoisotopic (exact) mass is 338 g/mol. The maximum Gasteiger partial charge on any atom is 0.189 e. The molecule has 0 saturated carbocycles. The maximum atomic E-state index is 13.1. The first-order chi connectivity index (χ1) is 12.7. The zero-order valence-corrected chi connectivity index (χ0v) is 14.3. The van der Waals surface area contributed by atoms with Crippen molar-refractivity contribution in [2.24, 2.45) is 0 Å². The summed E-state index contributed by atoms with van der Waals surface area (Å²) < 4.78 is 0. The van der Waals surface area contributed by atoms with Crippen molar-refractivity contribution in [1.29, 1.82) is 0 Å². The molecule has 0 N–H and O–H groups in total. The number of ketones is 2. The van der Waals surface area contributed by atoms with Crippen LogP contribution in [0.1, 0.15) is 44.2 Å². The summed E-state index contributed by atoms with van der Waals surface area (Å²) in [5.74, 6) is -0.154. The molecule has 0 bridgehead atoms. The van der Waals surface area contributed by atoms with Crippen molar-refractivity contribution >= 4 is 17.6 Å². The highest BCUT2D eigenvalue weighted by Gasteiger charge is 2.31. The predicted molar refractivity (Wildman–Crippen MR) is 103 cm³/mol. The molecule has 3 aromatic carbocycles. The average molecular weight is 338 g/mol. The second kappa shape index (κ2) is 6.93. The van der Waals surface area contributed by atoms with Crippen LogP contribution in [0.2, 0.25) is 0 Å². The Morgan fingerprint density at radius 3 is 1.96 bits per heavy atom. The van der Waals surface area contributed by atoms with Gasteiger partial charge in [-0.2, -0.15) is 0 Å². The van der Waals surface area contributed by atoms with Crippen LogP contribution in [0.25, 0.3) is 6.08 Å². The van der Waals surface area contributed by atoms with Gasteiger partial charge in [0.2, 0.25) is 0 Å². The number of hydrogen-bond donors (Lipinski definition) is 0. The first-order valence-corrected chi connectivity index (χ1v) is 8.72. The third kappa shape index (κ3) is 3.02. The van der Waals surface area contributed by atoms with Crippen molar-refractivity contribution < 1.29 is 9.59 Å². The topological polar surface area (TPSA) is 34.1 Å². The lowest BCUT2D eigenvalue weighted by atomic mass is 9.86. The Balaban J connectivity index is 1.69. The molecule has 126 valence electrons. The zero-order chi connectivity index (χ0) is 17.9. The molecule has 1 unspecified atom stereocenters. The van der Waals surface area contributed by atoms with Gasteiger partial charge in [-0.3, -0.25) is 9.59 Å². The molecule has 1 atom stereocenters. The summed E-state index contributed by atoms with van der Waals surface area (Å²) >= 11 is 0. The van der Waals surface area contributed by atoms with Crippen LogP contribution in [0.15, 0.2) is 90.5 Å². The van der Waals surface area contributed by atoms with Crippen molar-refractivity contribution in [1.82, 2.24) is 0 Å². The van der Waals surface area contributed by atoms with Crippen molar-refractivity contribution in [2.75, 3.05) is 0 Å². The molecule has 0 heterocycles. The number of carbonyl (C=O) groups excluding carboxylic acids is 2. The Bertz CT molecular complexity index is 985. The van der Waals surface area contributed by atoms with Gasteiger partial charge in [-0.15, -0.1) is 0 Å². The number of Topliss-reactive ketones (excluding diaryl/α,β-unsaturated/α-hetero) is 2. The van der Waals surface area contributed by atoms with E-state index >= 15 is 0 Å². The molecule has 26 heavy (non-hydrogen) atoms. The van der Waals surface area contributed by atoms with Crippen LogP contribution in [-0.4, -0.2) is 11.6 Å². The fourth-order valence-corrected chi connectivity index (χ4v) is 3.52. The quantitative estimate of drug-likeness (QED) is 0.590. The number of allylic oxidation sites excluding steroid dienone is 1. The fourth-order valence-electron chi connectivity index (χ4n) is 3.52. The van der Waals surface area contributed by atoms with E-state index in [0.717, 1.165) is 11.1 Å². The van der Waals surface area contributed by atoms with Crippen LogP contribution in [0, 0.1) is 0 Å². The van der Waals surface area contributed by atoms with E-state index in [1.54, 1.807) is 0 Å². The molecule has 1 aliphatic rings. The SMILES string of the molecule is O=C(CC1C(C(=O)c2ccccc2)=Cc2ccccc21)c1ccccc1. The molecule has 0 radical (unpaired) electrons. The van der Waals surface area contributed by atoms with E-state index in [1.807, 2.05) is 91.0 Å². The number of benzene rings is 3. The van der Waals surface area contributed by atoms with E-state index in [1.165, 1.54) is 0 Å². The number of fused-ring (bicyclic) bond motifs is 1. The lowest BCUT2D eigenvalue weighted by molar-refractivity contribution is 0.0973. The Morgan fingerprint density at radius 1 is 0.692 bits per heavy atom. The normalized spacial score (nSPS) is 15.2. The molecule has 1 aliphatic carbocycles. The molecule has 0 spiro atoms. The van der Waals surface area contributed by atoms with Gasteiger partial charge in [-0.05, 0) is 17.2 Å². The van der Waals surface area contributed by atoms with Gasteiger partial charge in [0.15, 0.2) is 11.6 Å². The van der Waals surface area contributed by atoms with Gasteiger partial charge in [0.1, 0.15) is 0 Å². The Kier molecular flexibility index (Phi) is 4.32. The van der Waals surface area contributed by atoms with Gasteiger partial charge in [-0.1, -0.05) is 84.9 Å². The minimum atomic E-state index is -0.202. The molecule has 3 aromatic rings.